The van der Waals surface area contributed by atoms with Crippen molar-refractivity contribution in [1.29, 1.82) is 0 Å². The summed E-state index contributed by atoms with van der Waals surface area (Å²) in [6.45, 7) is 10.4. The van der Waals surface area contributed by atoms with Gasteiger partial charge in [-0.1, -0.05) is 12.5 Å². The van der Waals surface area contributed by atoms with Crippen molar-refractivity contribution in [3.63, 3.8) is 0 Å². The van der Waals surface area contributed by atoms with Crippen LogP contribution in [0.4, 0.5) is 0 Å². The summed E-state index contributed by atoms with van der Waals surface area (Å²) >= 11 is 0. The third-order valence-corrected chi connectivity index (χ3v) is 4.19. The zero-order valence-corrected chi connectivity index (χ0v) is 14.2. The molecular weight excluding hydrogens is 284 g/mol. The Morgan fingerprint density at radius 2 is 1.91 bits per heavy atom. The third-order valence-electron chi connectivity index (χ3n) is 4.19. The molecule has 0 amide bonds. The molecule has 0 saturated carbocycles. The first kappa shape index (κ1) is 17.2. The van der Waals surface area contributed by atoms with Crippen LogP contribution in [0, 0.1) is 5.41 Å². The van der Waals surface area contributed by atoms with E-state index in [-0.39, 0.29) is 12.4 Å². The van der Waals surface area contributed by atoms with E-state index >= 15 is 0 Å². The lowest BCUT2D eigenvalue weighted by Gasteiger charge is -2.43. The summed E-state index contributed by atoms with van der Waals surface area (Å²) in [6.07, 6.45) is 2.07. The van der Waals surface area contributed by atoms with Gasteiger partial charge in [0, 0.05) is 18.3 Å². The molecule has 124 valence electrons. The maximum absolute atomic E-state index is 12.3. The van der Waals surface area contributed by atoms with Gasteiger partial charge < -0.3 is 14.2 Å². The van der Waals surface area contributed by atoms with Crippen LogP contribution in [0.15, 0.2) is 11.1 Å². The molecule has 0 aromatic heterocycles. The average molecular weight is 310 g/mol. The van der Waals surface area contributed by atoms with Crippen molar-refractivity contribution < 1.29 is 23.8 Å². The molecule has 5 heteroatoms. The highest BCUT2D eigenvalue weighted by Crippen LogP contribution is 2.49. The van der Waals surface area contributed by atoms with Gasteiger partial charge in [-0.05, 0) is 33.3 Å². The number of aldehydes is 1. The topological polar surface area (TPSA) is 61.8 Å². The summed E-state index contributed by atoms with van der Waals surface area (Å²) in [7, 11) is 0. The normalized spacial score (nSPS) is 28.0. The smallest absolute Gasteiger partial charge is 0.307 e. The van der Waals surface area contributed by atoms with Crippen LogP contribution < -0.4 is 0 Å². The van der Waals surface area contributed by atoms with E-state index in [1.54, 1.807) is 0 Å². The van der Waals surface area contributed by atoms with Gasteiger partial charge in [-0.3, -0.25) is 9.59 Å². The van der Waals surface area contributed by atoms with Gasteiger partial charge in [0.1, 0.15) is 11.9 Å². The van der Waals surface area contributed by atoms with E-state index in [0.717, 1.165) is 11.9 Å². The molecule has 0 aromatic rings. The van der Waals surface area contributed by atoms with Gasteiger partial charge >= 0.3 is 5.97 Å². The zero-order chi connectivity index (χ0) is 16.6. The minimum Gasteiger partial charge on any atom is -0.460 e. The molecule has 1 aliphatic carbocycles. The minimum absolute atomic E-state index is 0.143. The Balaban J connectivity index is 2.26. The van der Waals surface area contributed by atoms with Gasteiger partial charge in [0.05, 0.1) is 19.6 Å². The van der Waals surface area contributed by atoms with E-state index in [1.165, 1.54) is 0 Å². The van der Waals surface area contributed by atoms with E-state index in [9.17, 15) is 9.59 Å². The fourth-order valence-electron chi connectivity index (χ4n) is 3.56. The molecule has 1 unspecified atom stereocenters. The van der Waals surface area contributed by atoms with Crippen molar-refractivity contribution in [3.8, 4) is 0 Å². The Morgan fingerprint density at radius 1 is 1.32 bits per heavy atom. The summed E-state index contributed by atoms with van der Waals surface area (Å²) < 4.78 is 17.0. The summed E-state index contributed by atoms with van der Waals surface area (Å²) in [5.74, 6) is -1.01. The molecule has 1 saturated heterocycles. The molecule has 0 aromatic carbocycles. The second-order valence-electron chi connectivity index (χ2n) is 7.60. The van der Waals surface area contributed by atoms with Crippen LogP contribution >= 0.6 is 0 Å². The molecule has 1 heterocycles. The lowest BCUT2D eigenvalue weighted by Crippen LogP contribution is -2.44. The van der Waals surface area contributed by atoms with Crippen molar-refractivity contribution in [2.24, 2.45) is 5.41 Å². The van der Waals surface area contributed by atoms with Crippen LogP contribution in [0.1, 0.15) is 53.9 Å². The highest BCUT2D eigenvalue weighted by Gasteiger charge is 2.50. The number of carbonyl (C=O) groups excluding carboxylic acids is 2. The van der Waals surface area contributed by atoms with Crippen LogP contribution in [-0.2, 0) is 23.8 Å². The molecule has 0 N–H and O–H groups in total. The number of ether oxygens (including phenoxy) is 3. The van der Waals surface area contributed by atoms with Crippen LogP contribution in [0.2, 0.25) is 0 Å². The maximum atomic E-state index is 12.3. The van der Waals surface area contributed by atoms with Gasteiger partial charge in [-0.2, -0.15) is 0 Å². The molecule has 1 aliphatic heterocycles. The lowest BCUT2D eigenvalue weighted by molar-refractivity contribution is -0.185. The fraction of sp³-hybridized carbons (Fsp3) is 0.765. The molecule has 1 atom stereocenters. The summed E-state index contributed by atoms with van der Waals surface area (Å²) in [5.41, 5.74) is 0.425. The number of carbonyl (C=O) groups is 2. The quantitative estimate of drug-likeness (QED) is 0.592. The van der Waals surface area contributed by atoms with E-state index in [4.69, 9.17) is 14.2 Å². The SMILES string of the molecule is CC1=C(C=O)C(C)(CC(=O)OC(C)(C)C)CC2(C1)OCCO2. The van der Waals surface area contributed by atoms with E-state index in [1.807, 2.05) is 34.6 Å². The zero-order valence-electron chi connectivity index (χ0n) is 14.2. The molecule has 0 radical (unpaired) electrons. The lowest BCUT2D eigenvalue weighted by atomic mass is 9.67. The average Bonchev–Trinajstić information content (AvgIpc) is 2.72. The Morgan fingerprint density at radius 3 is 2.41 bits per heavy atom. The highest BCUT2D eigenvalue weighted by atomic mass is 16.7. The molecule has 0 bridgehead atoms. The Labute approximate surface area is 132 Å². The molecule has 5 nitrogen and oxygen atoms in total. The highest BCUT2D eigenvalue weighted by molar-refractivity contribution is 5.80. The van der Waals surface area contributed by atoms with Crippen molar-refractivity contribution in [3.05, 3.63) is 11.1 Å². The van der Waals surface area contributed by atoms with Gasteiger partial charge in [0.2, 0.25) is 0 Å². The third kappa shape index (κ3) is 3.58. The van der Waals surface area contributed by atoms with E-state index in [0.29, 0.717) is 31.6 Å². The molecular formula is C17H26O5. The largest absolute Gasteiger partial charge is 0.460 e. The summed E-state index contributed by atoms with van der Waals surface area (Å²) in [4.78, 5) is 23.8. The van der Waals surface area contributed by atoms with Crippen molar-refractivity contribution in [2.75, 3.05) is 13.2 Å². The first-order valence-corrected chi connectivity index (χ1v) is 7.74. The number of hydrogen-bond donors (Lipinski definition) is 0. The van der Waals surface area contributed by atoms with Crippen LogP contribution in [-0.4, -0.2) is 36.9 Å². The molecule has 22 heavy (non-hydrogen) atoms. The predicted octanol–water partition coefficient (Wildman–Crippen LogP) is 2.78. The van der Waals surface area contributed by atoms with Gasteiger partial charge in [0.15, 0.2) is 5.79 Å². The number of esters is 1. The first-order chi connectivity index (χ1) is 10.1. The van der Waals surface area contributed by atoms with Crippen LogP contribution in [0.5, 0.6) is 0 Å². The standard InChI is InChI=1S/C17H26O5/c1-12-8-17(20-6-7-21-17)11-16(5,13(12)10-18)9-14(19)22-15(2,3)4/h10H,6-9,11H2,1-5H3. The number of rotatable bonds is 3. The maximum Gasteiger partial charge on any atom is 0.307 e. The van der Waals surface area contributed by atoms with Gasteiger partial charge in [-0.15, -0.1) is 0 Å². The van der Waals surface area contributed by atoms with Crippen LogP contribution in [0.3, 0.4) is 0 Å². The Kier molecular flexibility index (Phi) is 4.51. The molecule has 2 aliphatic rings. The first-order valence-electron chi connectivity index (χ1n) is 7.74. The molecule has 2 rings (SSSR count). The molecule has 1 spiro atoms. The van der Waals surface area contributed by atoms with Crippen LogP contribution in [0.25, 0.3) is 0 Å². The second-order valence-corrected chi connectivity index (χ2v) is 7.60. The Bertz CT molecular complexity index is 494. The van der Waals surface area contributed by atoms with Gasteiger partial charge in [0.25, 0.3) is 0 Å². The predicted molar refractivity (Wildman–Crippen MR) is 81.2 cm³/mol. The van der Waals surface area contributed by atoms with E-state index < -0.39 is 16.8 Å². The second kappa shape index (κ2) is 5.78. The summed E-state index contributed by atoms with van der Waals surface area (Å²) in [5, 5.41) is 0. The number of hydrogen-bond acceptors (Lipinski definition) is 5. The molecule has 1 fully saturated rings. The van der Waals surface area contributed by atoms with E-state index in [2.05, 4.69) is 0 Å². The monoisotopic (exact) mass is 310 g/mol. The number of allylic oxidation sites excluding steroid dienone is 1. The minimum atomic E-state index is -0.701. The Hall–Kier alpha value is -1.20. The summed E-state index contributed by atoms with van der Waals surface area (Å²) in [6, 6.07) is 0. The van der Waals surface area contributed by atoms with Crippen molar-refractivity contribution in [1.82, 2.24) is 0 Å². The van der Waals surface area contributed by atoms with Crippen molar-refractivity contribution >= 4 is 12.3 Å². The fourth-order valence-corrected chi connectivity index (χ4v) is 3.56. The van der Waals surface area contributed by atoms with Gasteiger partial charge in [-0.25, -0.2) is 0 Å². The van der Waals surface area contributed by atoms with Crippen molar-refractivity contribution in [2.45, 2.75) is 65.3 Å².